The van der Waals surface area contributed by atoms with Crippen molar-refractivity contribution in [3.63, 3.8) is 0 Å². The lowest BCUT2D eigenvalue weighted by Crippen LogP contribution is -2.45. The highest BCUT2D eigenvalue weighted by atomic mass is 16.3. The van der Waals surface area contributed by atoms with Crippen LogP contribution in [0.2, 0.25) is 0 Å². The lowest BCUT2D eigenvalue weighted by atomic mass is 10.0. The number of aliphatic hydroxyl groups is 2. The molecule has 2 atom stereocenters. The molecule has 0 aliphatic rings. The zero-order valence-corrected chi connectivity index (χ0v) is 49.7. The standard InChI is InChI=1S/C69H131NO3/c1-3-5-7-9-11-13-15-17-19-21-23-25-27-28-29-30-31-32-33-34-35-36-37-38-39-40-41-42-43-45-47-49-51-53-55-57-59-61-63-65-69(73)70-67(66-71)68(72)64-62-60-58-56-54-52-50-48-46-44-26-24-22-20-18-16-14-12-10-8-6-4-2/h31-32,34-35,54,56,62,64,67-68,71-72H,3-30,33,36-53,55,57-61,63,65-66H2,1-2H3,(H,70,73)/b32-31-,35-34-,56-54+,64-62+. The Balaban J connectivity index is 3.45. The number of carbonyl (C=O) groups excluding carboxylic acids is 1. The molecule has 0 fully saturated rings. The van der Waals surface area contributed by atoms with E-state index < -0.39 is 12.1 Å². The van der Waals surface area contributed by atoms with E-state index in [1.807, 2.05) is 6.08 Å². The van der Waals surface area contributed by atoms with Crippen molar-refractivity contribution >= 4 is 5.91 Å². The van der Waals surface area contributed by atoms with Gasteiger partial charge in [0, 0.05) is 6.42 Å². The molecule has 0 aromatic heterocycles. The van der Waals surface area contributed by atoms with Gasteiger partial charge in [0.25, 0.3) is 0 Å². The summed E-state index contributed by atoms with van der Waals surface area (Å²) in [6.45, 7) is 4.34. The molecule has 430 valence electrons. The van der Waals surface area contributed by atoms with Gasteiger partial charge < -0.3 is 15.5 Å². The number of hydrogen-bond donors (Lipinski definition) is 3. The van der Waals surface area contributed by atoms with Gasteiger partial charge in [0.1, 0.15) is 0 Å². The maximum absolute atomic E-state index is 12.5. The second-order valence-electron chi connectivity index (χ2n) is 22.9. The van der Waals surface area contributed by atoms with Gasteiger partial charge in [-0.25, -0.2) is 0 Å². The lowest BCUT2D eigenvalue weighted by molar-refractivity contribution is -0.123. The SMILES string of the molecule is CCCCCCCCCCCCCCCCC/C=C\C/C=C\CCCCCCCCCCCCCCCCCCCC(=O)NC(CO)C(O)/C=C/CC/C=C/CCCCCCCCCCCCCCCCCC. The van der Waals surface area contributed by atoms with Crippen LogP contribution in [0.1, 0.15) is 367 Å². The number of rotatable bonds is 62. The van der Waals surface area contributed by atoms with Gasteiger partial charge in [0.15, 0.2) is 0 Å². The third-order valence-corrected chi connectivity index (χ3v) is 15.5. The summed E-state index contributed by atoms with van der Waals surface area (Å²) < 4.78 is 0. The first kappa shape index (κ1) is 71.3. The molecule has 0 aliphatic carbocycles. The Labute approximate surface area is 458 Å². The van der Waals surface area contributed by atoms with Crippen LogP contribution in [0.25, 0.3) is 0 Å². The first-order chi connectivity index (χ1) is 36.2. The maximum Gasteiger partial charge on any atom is 0.220 e. The molecule has 0 saturated carbocycles. The highest BCUT2D eigenvalue weighted by Gasteiger charge is 2.18. The van der Waals surface area contributed by atoms with Gasteiger partial charge in [-0.05, 0) is 64.2 Å². The van der Waals surface area contributed by atoms with Crippen molar-refractivity contribution in [1.29, 1.82) is 0 Å². The van der Waals surface area contributed by atoms with Crippen LogP contribution in [0.15, 0.2) is 48.6 Å². The second-order valence-corrected chi connectivity index (χ2v) is 22.9. The van der Waals surface area contributed by atoms with Gasteiger partial charge in [-0.15, -0.1) is 0 Å². The monoisotopic (exact) mass is 1020 g/mol. The molecule has 0 rings (SSSR count). The average Bonchev–Trinajstić information content (AvgIpc) is 3.40. The summed E-state index contributed by atoms with van der Waals surface area (Å²) in [4.78, 5) is 12.5. The van der Waals surface area contributed by atoms with Crippen LogP contribution < -0.4 is 5.32 Å². The van der Waals surface area contributed by atoms with Crippen LogP contribution in [0.4, 0.5) is 0 Å². The van der Waals surface area contributed by atoms with E-state index in [1.54, 1.807) is 6.08 Å². The van der Waals surface area contributed by atoms with Crippen molar-refractivity contribution in [1.82, 2.24) is 5.32 Å². The molecule has 0 aromatic carbocycles. The minimum Gasteiger partial charge on any atom is -0.394 e. The Bertz CT molecular complexity index is 1160. The predicted octanol–water partition coefficient (Wildman–Crippen LogP) is 22.5. The van der Waals surface area contributed by atoms with Crippen molar-refractivity contribution in [3.8, 4) is 0 Å². The molecule has 0 radical (unpaired) electrons. The fourth-order valence-corrected chi connectivity index (χ4v) is 10.5. The third-order valence-electron chi connectivity index (χ3n) is 15.5. The Hall–Kier alpha value is -1.65. The predicted molar refractivity (Wildman–Crippen MR) is 327 cm³/mol. The molecule has 0 heterocycles. The molecule has 0 spiro atoms. The largest absolute Gasteiger partial charge is 0.394 e. The van der Waals surface area contributed by atoms with Crippen LogP contribution in [-0.2, 0) is 4.79 Å². The third kappa shape index (κ3) is 61.1. The Kier molecular flexibility index (Phi) is 63.2. The van der Waals surface area contributed by atoms with Gasteiger partial charge in [0.2, 0.25) is 5.91 Å². The number of amides is 1. The minimum atomic E-state index is -0.864. The molecule has 0 aliphatic heterocycles. The molecule has 4 heteroatoms. The Morgan fingerprint density at radius 3 is 0.877 bits per heavy atom. The van der Waals surface area contributed by atoms with Crippen LogP contribution in [0, 0.1) is 0 Å². The van der Waals surface area contributed by atoms with Crippen LogP contribution in [0.3, 0.4) is 0 Å². The van der Waals surface area contributed by atoms with Crippen molar-refractivity contribution in [3.05, 3.63) is 48.6 Å². The fraction of sp³-hybridized carbons (Fsp3) is 0.870. The van der Waals surface area contributed by atoms with Crippen LogP contribution >= 0.6 is 0 Å². The first-order valence-electron chi connectivity index (χ1n) is 33.4. The number of carbonyl (C=O) groups is 1. The quantitative estimate of drug-likeness (QED) is 0.0420. The van der Waals surface area contributed by atoms with Crippen molar-refractivity contribution in [2.24, 2.45) is 0 Å². The molecule has 3 N–H and O–H groups in total. The molecular formula is C69H131NO3. The Morgan fingerprint density at radius 1 is 0.329 bits per heavy atom. The molecule has 73 heavy (non-hydrogen) atoms. The number of nitrogens with one attached hydrogen (secondary N) is 1. The second kappa shape index (κ2) is 64.6. The molecule has 0 aromatic rings. The van der Waals surface area contributed by atoms with E-state index in [0.717, 1.165) is 38.5 Å². The number of hydrogen-bond acceptors (Lipinski definition) is 3. The highest BCUT2D eigenvalue weighted by Crippen LogP contribution is 2.18. The van der Waals surface area contributed by atoms with Crippen molar-refractivity contribution < 1.29 is 15.0 Å². The zero-order valence-electron chi connectivity index (χ0n) is 49.7. The summed E-state index contributed by atoms with van der Waals surface area (Å²) in [7, 11) is 0. The van der Waals surface area contributed by atoms with E-state index in [1.165, 1.54) is 308 Å². The summed E-state index contributed by atoms with van der Waals surface area (Å²) >= 11 is 0. The normalized spacial score (nSPS) is 13.0. The summed E-state index contributed by atoms with van der Waals surface area (Å²) in [5.41, 5.74) is 0. The summed E-state index contributed by atoms with van der Waals surface area (Å²) in [6, 6.07) is -0.640. The van der Waals surface area contributed by atoms with Gasteiger partial charge in [-0.2, -0.15) is 0 Å². The average molecular weight is 1020 g/mol. The molecule has 2 unspecified atom stereocenters. The van der Waals surface area contributed by atoms with Crippen molar-refractivity contribution in [2.75, 3.05) is 6.61 Å². The molecule has 1 amide bonds. The van der Waals surface area contributed by atoms with Gasteiger partial charge in [-0.3, -0.25) is 4.79 Å². The van der Waals surface area contributed by atoms with E-state index in [9.17, 15) is 15.0 Å². The van der Waals surface area contributed by atoms with E-state index in [2.05, 4.69) is 55.6 Å². The summed E-state index contributed by atoms with van der Waals surface area (Å²) in [5, 5.41) is 23.2. The van der Waals surface area contributed by atoms with E-state index in [-0.39, 0.29) is 12.5 Å². The Morgan fingerprint density at radius 2 is 0.575 bits per heavy atom. The zero-order chi connectivity index (χ0) is 52.7. The minimum absolute atomic E-state index is 0.0686. The van der Waals surface area contributed by atoms with Crippen LogP contribution in [0.5, 0.6) is 0 Å². The topological polar surface area (TPSA) is 69.6 Å². The van der Waals surface area contributed by atoms with E-state index in [4.69, 9.17) is 0 Å². The molecular weight excluding hydrogens is 891 g/mol. The van der Waals surface area contributed by atoms with E-state index >= 15 is 0 Å². The lowest BCUT2D eigenvalue weighted by Gasteiger charge is -2.19. The first-order valence-corrected chi connectivity index (χ1v) is 33.4. The van der Waals surface area contributed by atoms with Gasteiger partial charge >= 0.3 is 0 Å². The fourth-order valence-electron chi connectivity index (χ4n) is 10.5. The molecule has 4 nitrogen and oxygen atoms in total. The summed E-state index contributed by atoms with van der Waals surface area (Å²) in [5.74, 6) is -0.0686. The maximum atomic E-state index is 12.5. The molecule has 0 bridgehead atoms. The number of aliphatic hydroxyl groups excluding tert-OH is 2. The number of allylic oxidation sites excluding steroid dienone is 7. The smallest absolute Gasteiger partial charge is 0.220 e. The molecule has 0 saturated heterocycles. The highest BCUT2D eigenvalue weighted by molar-refractivity contribution is 5.76. The van der Waals surface area contributed by atoms with Gasteiger partial charge in [0.05, 0.1) is 18.8 Å². The van der Waals surface area contributed by atoms with E-state index in [0.29, 0.717) is 6.42 Å². The summed E-state index contributed by atoms with van der Waals surface area (Å²) in [6.07, 6.45) is 90.5. The number of unbranched alkanes of at least 4 members (excludes halogenated alkanes) is 49. The van der Waals surface area contributed by atoms with Crippen LogP contribution in [-0.4, -0.2) is 34.9 Å². The van der Waals surface area contributed by atoms with Crippen molar-refractivity contribution in [2.45, 2.75) is 379 Å². The van der Waals surface area contributed by atoms with Gasteiger partial charge in [-0.1, -0.05) is 345 Å².